The molecule has 124 valence electrons. The van der Waals surface area contributed by atoms with E-state index in [1.165, 1.54) is 44.3 Å². The number of ether oxygens (including phenoxy) is 1. The van der Waals surface area contributed by atoms with Crippen molar-refractivity contribution >= 4 is 0 Å². The molecule has 3 nitrogen and oxygen atoms in total. The van der Waals surface area contributed by atoms with Crippen molar-refractivity contribution in [3.05, 3.63) is 29.3 Å². The number of benzene rings is 1. The van der Waals surface area contributed by atoms with Crippen LogP contribution in [-0.4, -0.2) is 44.2 Å². The fraction of sp³-hybridized carbons (Fsp3) is 0.700. The van der Waals surface area contributed by atoms with E-state index in [2.05, 4.69) is 42.4 Å². The second kappa shape index (κ2) is 4.52. The minimum atomic E-state index is 0.236. The van der Waals surface area contributed by atoms with Crippen molar-refractivity contribution in [1.82, 2.24) is 10.2 Å². The number of fused-ring (bicyclic) bond motifs is 3. The summed E-state index contributed by atoms with van der Waals surface area (Å²) in [7, 11) is 3.94. The van der Waals surface area contributed by atoms with E-state index < -0.39 is 0 Å². The lowest BCUT2D eigenvalue weighted by Gasteiger charge is -2.56. The van der Waals surface area contributed by atoms with E-state index in [-0.39, 0.29) is 5.41 Å². The number of rotatable bonds is 4. The molecule has 3 heteroatoms. The summed E-state index contributed by atoms with van der Waals surface area (Å²) in [5.41, 5.74) is 3.84. The molecule has 1 spiro atoms. The molecule has 3 aliphatic carbocycles. The predicted octanol–water partition coefficient (Wildman–Crippen LogP) is 2.58. The number of methoxy groups -OCH3 is 1. The summed E-state index contributed by atoms with van der Waals surface area (Å²) in [4.78, 5) is 2.80. The monoisotopic (exact) mass is 312 g/mol. The molecule has 0 amide bonds. The van der Waals surface area contributed by atoms with Crippen LogP contribution in [-0.2, 0) is 11.8 Å². The van der Waals surface area contributed by atoms with Crippen molar-refractivity contribution in [3.63, 3.8) is 0 Å². The normalized spacial score (nSPS) is 41.2. The van der Waals surface area contributed by atoms with Gasteiger partial charge in [0.05, 0.1) is 7.11 Å². The quantitative estimate of drug-likeness (QED) is 0.925. The van der Waals surface area contributed by atoms with Gasteiger partial charge in [0.1, 0.15) is 5.75 Å². The molecule has 1 heterocycles. The van der Waals surface area contributed by atoms with Crippen LogP contribution in [0, 0.1) is 11.3 Å². The lowest BCUT2D eigenvalue weighted by molar-refractivity contribution is -0.0634. The van der Waals surface area contributed by atoms with E-state index in [9.17, 15) is 0 Å². The maximum Gasteiger partial charge on any atom is 0.119 e. The minimum Gasteiger partial charge on any atom is -0.497 e. The highest BCUT2D eigenvalue weighted by atomic mass is 16.5. The van der Waals surface area contributed by atoms with E-state index in [1.54, 1.807) is 12.7 Å². The average molecular weight is 312 g/mol. The number of nitrogens with zero attached hydrogens (tertiary/aromatic N) is 1. The summed E-state index contributed by atoms with van der Waals surface area (Å²) < 4.78 is 5.52. The van der Waals surface area contributed by atoms with Crippen molar-refractivity contribution in [2.45, 2.75) is 50.1 Å². The van der Waals surface area contributed by atoms with Crippen LogP contribution in [0.1, 0.15) is 37.3 Å². The molecule has 4 aliphatic rings. The summed E-state index contributed by atoms with van der Waals surface area (Å²) in [6, 6.07) is 8.06. The topological polar surface area (TPSA) is 24.5 Å². The fourth-order valence-corrected chi connectivity index (χ4v) is 6.31. The summed E-state index contributed by atoms with van der Waals surface area (Å²) >= 11 is 0. The van der Waals surface area contributed by atoms with Crippen LogP contribution >= 0.6 is 0 Å². The fourth-order valence-electron chi connectivity index (χ4n) is 6.31. The molecule has 1 aliphatic heterocycles. The van der Waals surface area contributed by atoms with Crippen LogP contribution in [0.25, 0.3) is 0 Å². The van der Waals surface area contributed by atoms with Gasteiger partial charge in [-0.1, -0.05) is 13.0 Å². The molecule has 3 fully saturated rings. The third-order valence-corrected chi connectivity index (χ3v) is 7.24. The molecule has 0 radical (unpaired) electrons. The number of likely N-dealkylation sites (tertiary alicyclic amines) is 1. The largest absolute Gasteiger partial charge is 0.497 e. The minimum absolute atomic E-state index is 0.236. The Morgan fingerprint density at radius 3 is 2.87 bits per heavy atom. The van der Waals surface area contributed by atoms with Gasteiger partial charge in [-0.3, -0.25) is 4.90 Å². The Kier molecular flexibility index (Phi) is 2.81. The first-order chi connectivity index (χ1) is 11.1. The smallest absolute Gasteiger partial charge is 0.119 e. The first-order valence-electron chi connectivity index (χ1n) is 9.18. The van der Waals surface area contributed by atoms with Gasteiger partial charge >= 0.3 is 0 Å². The SMILES string of the molecule is CNC1C2N(CC3CC3)CC23Cc2ccc(OC)cc2C1(C)C3. The van der Waals surface area contributed by atoms with Crippen LogP contribution in [0.5, 0.6) is 5.75 Å². The van der Waals surface area contributed by atoms with Gasteiger partial charge in [-0.25, -0.2) is 0 Å². The van der Waals surface area contributed by atoms with Gasteiger partial charge < -0.3 is 10.1 Å². The zero-order valence-electron chi connectivity index (χ0n) is 14.6. The Balaban J connectivity index is 1.56. The number of hydrogen-bond acceptors (Lipinski definition) is 3. The maximum absolute atomic E-state index is 5.52. The second-order valence-electron chi connectivity index (χ2n) is 8.74. The second-order valence-corrected chi connectivity index (χ2v) is 8.74. The lowest BCUT2D eigenvalue weighted by Crippen LogP contribution is -2.68. The van der Waals surface area contributed by atoms with Gasteiger partial charge in [-0.15, -0.1) is 0 Å². The molecule has 2 saturated carbocycles. The van der Waals surface area contributed by atoms with Crippen LogP contribution in [0.4, 0.5) is 0 Å². The maximum atomic E-state index is 5.52. The molecule has 0 aromatic heterocycles. The van der Waals surface area contributed by atoms with Gasteiger partial charge in [0.15, 0.2) is 0 Å². The molecular formula is C20H28N2O. The molecular weight excluding hydrogens is 284 g/mol. The summed E-state index contributed by atoms with van der Waals surface area (Å²) in [6.45, 7) is 5.13. The Morgan fingerprint density at radius 2 is 2.17 bits per heavy atom. The van der Waals surface area contributed by atoms with Crippen molar-refractivity contribution in [2.75, 3.05) is 27.2 Å². The zero-order valence-corrected chi connectivity index (χ0v) is 14.6. The van der Waals surface area contributed by atoms with Crippen LogP contribution in [0.3, 0.4) is 0 Å². The lowest BCUT2D eigenvalue weighted by atomic mass is 9.63. The molecule has 1 aromatic rings. The van der Waals surface area contributed by atoms with Crippen molar-refractivity contribution in [1.29, 1.82) is 0 Å². The Hall–Kier alpha value is -1.06. The number of nitrogens with one attached hydrogen (secondary N) is 1. The number of likely N-dealkylation sites (N-methyl/N-ethyl adjacent to an activating group) is 1. The van der Waals surface area contributed by atoms with Crippen LogP contribution in [0.15, 0.2) is 18.2 Å². The predicted molar refractivity (Wildman–Crippen MR) is 92.0 cm³/mol. The first-order valence-corrected chi connectivity index (χ1v) is 9.18. The van der Waals surface area contributed by atoms with Crippen molar-refractivity contribution < 1.29 is 4.74 Å². The Bertz CT molecular complexity index is 655. The summed E-state index contributed by atoms with van der Waals surface area (Å²) in [5, 5.41) is 3.72. The highest BCUT2D eigenvalue weighted by Gasteiger charge is 2.69. The van der Waals surface area contributed by atoms with Gasteiger partial charge in [0.2, 0.25) is 0 Å². The van der Waals surface area contributed by atoms with Crippen molar-refractivity contribution in [2.24, 2.45) is 11.3 Å². The van der Waals surface area contributed by atoms with Crippen molar-refractivity contribution in [3.8, 4) is 5.75 Å². The third-order valence-electron chi connectivity index (χ3n) is 7.24. The Morgan fingerprint density at radius 1 is 1.35 bits per heavy atom. The van der Waals surface area contributed by atoms with Gasteiger partial charge in [0, 0.05) is 36.0 Å². The van der Waals surface area contributed by atoms with Crippen LogP contribution in [0.2, 0.25) is 0 Å². The standard InChI is InChI=1S/C20H28N2O/c1-19-11-20(9-14-6-7-15(23-3)8-16(14)19)12-22(10-13-4-5-13)18(20)17(19)21-2/h6-8,13,17-18,21H,4-5,9-12H2,1-3H3. The highest BCUT2D eigenvalue weighted by Crippen LogP contribution is 2.64. The van der Waals surface area contributed by atoms with E-state index in [0.717, 1.165) is 17.7 Å². The molecule has 2 bridgehead atoms. The number of hydrogen-bond donors (Lipinski definition) is 1. The Labute approximate surface area is 139 Å². The van der Waals surface area contributed by atoms with Gasteiger partial charge in [-0.2, -0.15) is 0 Å². The first kappa shape index (κ1) is 14.3. The molecule has 23 heavy (non-hydrogen) atoms. The molecule has 4 unspecified atom stereocenters. The summed E-state index contributed by atoms with van der Waals surface area (Å²) in [6.07, 6.45) is 5.49. The zero-order chi connectivity index (χ0) is 15.8. The van der Waals surface area contributed by atoms with E-state index in [1.807, 2.05) is 0 Å². The molecule has 4 atom stereocenters. The molecule has 5 rings (SSSR count). The summed E-state index contributed by atoms with van der Waals surface area (Å²) in [5.74, 6) is 1.99. The molecule has 1 N–H and O–H groups in total. The van der Waals surface area contributed by atoms with Gasteiger partial charge in [-0.05, 0) is 61.9 Å². The average Bonchev–Trinajstić information content (AvgIpc) is 3.33. The third kappa shape index (κ3) is 1.78. The van der Waals surface area contributed by atoms with E-state index in [4.69, 9.17) is 4.74 Å². The molecule has 1 saturated heterocycles. The molecule has 1 aromatic carbocycles. The van der Waals surface area contributed by atoms with Gasteiger partial charge in [0.25, 0.3) is 0 Å². The van der Waals surface area contributed by atoms with Crippen LogP contribution < -0.4 is 10.1 Å². The van der Waals surface area contributed by atoms with E-state index in [0.29, 0.717) is 11.5 Å². The van der Waals surface area contributed by atoms with E-state index >= 15 is 0 Å². The highest BCUT2D eigenvalue weighted by molar-refractivity contribution is 5.49.